The van der Waals surface area contributed by atoms with Gasteiger partial charge in [0.25, 0.3) is 0 Å². The summed E-state index contributed by atoms with van der Waals surface area (Å²) >= 11 is 3.37. The predicted molar refractivity (Wildman–Crippen MR) is 69.4 cm³/mol. The van der Waals surface area contributed by atoms with Gasteiger partial charge in [0, 0.05) is 29.0 Å². The van der Waals surface area contributed by atoms with E-state index in [-0.39, 0.29) is 0 Å². The predicted octanol–water partition coefficient (Wildman–Crippen LogP) is 2.12. The Hall–Kier alpha value is -0.950. The minimum atomic E-state index is 0.763. The number of anilines is 1. The molecule has 0 aromatic carbocycles. The molecule has 0 spiro atoms. The van der Waals surface area contributed by atoms with Crippen LogP contribution in [-0.2, 0) is 13.1 Å². The first-order valence-electron chi connectivity index (χ1n) is 4.90. The molecule has 86 valence electrons. The Balaban J connectivity index is 1.89. The van der Waals surface area contributed by atoms with Crippen LogP contribution in [0.5, 0.6) is 0 Å². The Morgan fingerprint density at radius 3 is 2.88 bits per heavy atom. The SMILES string of the molecule is CN(Cc1cccs1)Cc1cnc(NN)s1. The zero-order valence-electron chi connectivity index (χ0n) is 9.01. The van der Waals surface area contributed by atoms with E-state index in [1.807, 2.05) is 6.20 Å². The largest absolute Gasteiger partial charge is 0.300 e. The van der Waals surface area contributed by atoms with Gasteiger partial charge in [-0.15, -0.1) is 11.3 Å². The molecule has 16 heavy (non-hydrogen) atoms. The standard InChI is InChI=1S/C10H14N4S2/c1-14(6-8-3-2-4-15-8)7-9-5-12-10(13-11)16-9/h2-5H,6-7,11H2,1H3,(H,12,13). The molecule has 0 aliphatic rings. The summed E-state index contributed by atoms with van der Waals surface area (Å²) in [5.74, 6) is 5.29. The van der Waals surface area contributed by atoms with Crippen molar-refractivity contribution in [3.05, 3.63) is 33.5 Å². The van der Waals surface area contributed by atoms with Crippen LogP contribution in [0.2, 0.25) is 0 Å². The summed E-state index contributed by atoms with van der Waals surface area (Å²) in [5.41, 5.74) is 2.56. The van der Waals surface area contributed by atoms with Crippen molar-refractivity contribution < 1.29 is 0 Å². The molecular formula is C10H14N4S2. The van der Waals surface area contributed by atoms with Crippen LogP contribution < -0.4 is 11.3 Å². The minimum Gasteiger partial charge on any atom is -0.300 e. The third-order valence-corrected chi connectivity index (χ3v) is 3.88. The monoisotopic (exact) mass is 254 g/mol. The topological polar surface area (TPSA) is 54.2 Å². The second-order valence-electron chi connectivity index (χ2n) is 3.53. The maximum atomic E-state index is 5.29. The van der Waals surface area contributed by atoms with Gasteiger partial charge in [-0.05, 0) is 18.5 Å². The fourth-order valence-corrected chi connectivity index (χ4v) is 3.02. The molecule has 0 amide bonds. The van der Waals surface area contributed by atoms with E-state index in [2.05, 4.69) is 39.9 Å². The molecule has 0 fully saturated rings. The van der Waals surface area contributed by atoms with Gasteiger partial charge in [0.1, 0.15) is 0 Å². The number of nitrogen functional groups attached to an aromatic ring is 1. The van der Waals surface area contributed by atoms with Crippen LogP contribution in [-0.4, -0.2) is 16.9 Å². The fraction of sp³-hybridized carbons (Fsp3) is 0.300. The summed E-state index contributed by atoms with van der Waals surface area (Å²) in [6.07, 6.45) is 1.87. The Kier molecular flexibility index (Phi) is 3.89. The third-order valence-electron chi connectivity index (χ3n) is 2.11. The maximum Gasteiger partial charge on any atom is 0.197 e. The van der Waals surface area contributed by atoms with E-state index in [0.29, 0.717) is 0 Å². The minimum absolute atomic E-state index is 0.763. The van der Waals surface area contributed by atoms with Gasteiger partial charge in [-0.25, -0.2) is 10.8 Å². The lowest BCUT2D eigenvalue weighted by Gasteiger charge is -2.13. The molecule has 2 rings (SSSR count). The lowest BCUT2D eigenvalue weighted by molar-refractivity contribution is 0.325. The number of hydrogen-bond donors (Lipinski definition) is 2. The maximum absolute atomic E-state index is 5.29. The number of thiophene rings is 1. The summed E-state index contributed by atoms with van der Waals surface area (Å²) in [6.45, 7) is 1.87. The molecular weight excluding hydrogens is 240 g/mol. The first-order valence-corrected chi connectivity index (χ1v) is 6.60. The Labute approximate surface area is 103 Å². The van der Waals surface area contributed by atoms with E-state index in [9.17, 15) is 0 Å². The molecule has 2 aromatic rings. The average molecular weight is 254 g/mol. The zero-order valence-corrected chi connectivity index (χ0v) is 10.6. The van der Waals surface area contributed by atoms with Crippen molar-refractivity contribution in [3.63, 3.8) is 0 Å². The summed E-state index contributed by atoms with van der Waals surface area (Å²) in [7, 11) is 2.11. The van der Waals surface area contributed by atoms with Gasteiger partial charge >= 0.3 is 0 Å². The van der Waals surface area contributed by atoms with Crippen molar-refractivity contribution in [3.8, 4) is 0 Å². The normalized spacial score (nSPS) is 10.9. The summed E-state index contributed by atoms with van der Waals surface area (Å²) in [4.78, 5) is 9.00. The number of nitrogens with zero attached hydrogens (tertiary/aromatic N) is 2. The molecule has 0 radical (unpaired) electrons. The number of hydrogen-bond acceptors (Lipinski definition) is 6. The number of nitrogens with one attached hydrogen (secondary N) is 1. The summed E-state index contributed by atoms with van der Waals surface area (Å²) in [6, 6.07) is 4.23. The lowest BCUT2D eigenvalue weighted by atomic mass is 10.4. The van der Waals surface area contributed by atoms with E-state index in [1.54, 1.807) is 22.7 Å². The van der Waals surface area contributed by atoms with Gasteiger partial charge in [0.15, 0.2) is 5.13 Å². The highest BCUT2D eigenvalue weighted by Gasteiger charge is 2.05. The van der Waals surface area contributed by atoms with Crippen molar-refractivity contribution >= 4 is 27.8 Å². The number of aromatic nitrogens is 1. The highest BCUT2D eigenvalue weighted by Crippen LogP contribution is 2.19. The molecule has 4 nitrogen and oxygen atoms in total. The fourth-order valence-electron chi connectivity index (χ4n) is 1.44. The quantitative estimate of drug-likeness (QED) is 0.634. The molecule has 0 saturated carbocycles. The van der Waals surface area contributed by atoms with E-state index in [0.717, 1.165) is 18.2 Å². The number of thiazole rings is 1. The Bertz CT molecular complexity index is 424. The van der Waals surface area contributed by atoms with E-state index in [4.69, 9.17) is 5.84 Å². The van der Waals surface area contributed by atoms with Gasteiger partial charge in [-0.3, -0.25) is 10.3 Å². The molecule has 0 unspecified atom stereocenters. The van der Waals surface area contributed by atoms with Crippen LogP contribution in [0.1, 0.15) is 9.75 Å². The van der Waals surface area contributed by atoms with Crippen molar-refractivity contribution in [2.75, 3.05) is 12.5 Å². The third kappa shape index (κ3) is 3.02. The van der Waals surface area contributed by atoms with Crippen LogP contribution in [0.15, 0.2) is 23.7 Å². The molecule has 2 aromatic heterocycles. The number of nitrogens with two attached hydrogens (primary N) is 1. The van der Waals surface area contributed by atoms with Crippen LogP contribution >= 0.6 is 22.7 Å². The summed E-state index contributed by atoms with van der Waals surface area (Å²) in [5, 5.41) is 2.87. The van der Waals surface area contributed by atoms with Gasteiger partial charge < -0.3 is 0 Å². The number of rotatable bonds is 5. The van der Waals surface area contributed by atoms with Gasteiger partial charge in [0.2, 0.25) is 0 Å². The van der Waals surface area contributed by atoms with Crippen LogP contribution in [0, 0.1) is 0 Å². The Morgan fingerprint density at radius 1 is 1.44 bits per heavy atom. The van der Waals surface area contributed by atoms with Gasteiger partial charge in [-0.1, -0.05) is 17.4 Å². The smallest absolute Gasteiger partial charge is 0.197 e. The molecule has 0 bridgehead atoms. The first-order chi connectivity index (χ1) is 7.78. The van der Waals surface area contributed by atoms with E-state index < -0.39 is 0 Å². The second kappa shape index (κ2) is 5.40. The van der Waals surface area contributed by atoms with Crippen molar-refractivity contribution in [2.45, 2.75) is 13.1 Å². The average Bonchev–Trinajstić information content (AvgIpc) is 2.89. The molecule has 6 heteroatoms. The van der Waals surface area contributed by atoms with E-state index in [1.165, 1.54) is 9.75 Å². The molecule has 2 heterocycles. The molecule has 0 aliphatic heterocycles. The summed E-state index contributed by atoms with van der Waals surface area (Å²) < 4.78 is 0. The van der Waals surface area contributed by atoms with Crippen LogP contribution in [0.4, 0.5) is 5.13 Å². The van der Waals surface area contributed by atoms with Crippen LogP contribution in [0.25, 0.3) is 0 Å². The molecule has 0 aliphatic carbocycles. The zero-order chi connectivity index (χ0) is 11.4. The second-order valence-corrected chi connectivity index (χ2v) is 5.68. The highest BCUT2D eigenvalue weighted by molar-refractivity contribution is 7.15. The van der Waals surface area contributed by atoms with Crippen LogP contribution in [0.3, 0.4) is 0 Å². The van der Waals surface area contributed by atoms with Crippen molar-refractivity contribution in [2.24, 2.45) is 5.84 Å². The highest BCUT2D eigenvalue weighted by atomic mass is 32.1. The molecule has 3 N–H and O–H groups in total. The van der Waals surface area contributed by atoms with E-state index >= 15 is 0 Å². The van der Waals surface area contributed by atoms with Crippen molar-refractivity contribution in [1.29, 1.82) is 0 Å². The first kappa shape index (κ1) is 11.5. The van der Waals surface area contributed by atoms with Crippen molar-refractivity contribution in [1.82, 2.24) is 9.88 Å². The Morgan fingerprint density at radius 2 is 2.25 bits per heavy atom. The van der Waals surface area contributed by atoms with Gasteiger partial charge in [-0.2, -0.15) is 0 Å². The van der Waals surface area contributed by atoms with Gasteiger partial charge in [0.05, 0.1) is 0 Å². The molecule has 0 atom stereocenters. The molecule has 0 saturated heterocycles. The lowest BCUT2D eigenvalue weighted by Crippen LogP contribution is -2.15. The number of hydrazine groups is 1.